The quantitative estimate of drug-likeness (QED) is 0.430. The van der Waals surface area contributed by atoms with E-state index in [0.29, 0.717) is 41.4 Å². The van der Waals surface area contributed by atoms with E-state index in [1.54, 1.807) is 19.1 Å². The molecule has 2 amide bonds. The maximum atomic E-state index is 12.4. The van der Waals surface area contributed by atoms with E-state index in [2.05, 4.69) is 5.10 Å². The Bertz CT molecular complexity index is 679. The number of nitrogens with zero attached hydrogens (tertiary/aromatic N) is 2. The van der Waals surface area contributed by atoms with Crippen molar-refractivity contribution < 1.29 is 23.8 Å². The highest BCUT2D eigenvalue weighted by atomic mass is 16.5. The molecular weight excluding hydrogens is 324 g/mol. The summed E-state index contributed by atoms with van der Waals surface area (Å²) in [5.74, 6) is 0.908. The summed E-state index contributed by atoms with van der Waals surface area (Å²) in [6.45, 7) is 5.40. The smallest absolute Gasteiger partial charge is 0.265 e. The van der Waals surface area contributed by atoms with Gasteiger partial charge < -0.3 is 14.2 Å². The molecule has 1 aliphatic heterocycles. The summed E-state index contributed by atoms with van der Waals surface area (Å²) in [6, 6.07) is 3.45. The molecule has 0 radical (unpaired) electrons. The first-order chi connectivity index (χ1) is 11.9. The third-order valence-electron chi connectivity index (χ3n) is 4.74. The number of hydrogen-bond acceptors (Lipinski definition) is 6. The summed E-state index contributed by atoms with van der Waals surface area (Å²) in [5, 5.41) is 5.16. The maximum absolute atomic E-state index is 12.4. The molecule has 0 atom stereocenters. The molecule has 136 valence electrons. The van der Waals surface area contributed by atoms with Crippen LogP contribution in [-0.4, -0.2) is 43.9 Å². The van der Waals surface area contributed by atoms with Crippen molar-refractivity contribution in [2.45, 2.75) is 33.6 Å². The molecule has 0 N–H and O–H groups in total. The van der Waals surface area contributed by atoms with Gasteiger partial charge in [-0.15, -0.1) is 0 Å². The number of β-lactam (4-membered cyclic amide) rings is 2. The first-order valence-electron chi connectivity index (χ1n) is 8.14. The lowest BCUT2D eigenvalue weighted by molar-refractivity contribution is -0.177. The predicted octanol–water partition coefficient (Wildman–Crippen LogP) is 2.61. The Morgan fingerprint density at radius 1 is 1.00 bits per heavy atom. The van der Waals surface area contributed by atoms with Crippen molar-refractivity contribution in [1.82, 2.24) is 5.01 Å². The van der Waals surface area contributed by atoms with E-state index in [4.69, 9.17) is 14.2 Å². The minimum absolute atomic E-state index is 0.255. The van der Waals surface area contributed by atoms with Crippen LogP contribution in [0.1, 0.15) is 39.2 Å². The first-order valence-corrected chi connectivity index (χ1v) is 8.14. The van der Waals surface area contributed by atoms with Gasteiger partial charge in [0, 0.05) is 5.56 Å². The topological polar surface area (TPSA) is 77.4 Å². The van der Waals surface area contributed by atoms with E-state index in [9.17, 15) is 9.59 Å². The van der Waals surface area contributed by atoms with Crippen LogP contribution in [0.15, 0.2) is 17.2 Å². The fourth-order valence-corrected chi connectivity index (χ4v) is 2.98. The van der Waals surface area contributed by atoms with Crippen LogP contribution in [0.3, 0.4) is 0 Å². The highest BCUT2D eigenvalue weighted by Gasteiger charge is 2.59. The van der Waals surface area contributed by atoms with E-state index in [0.717, 1.165) is 5.01 Å². The molecule has 7 nitrogen and oxygen atoms in total. The van der Waals surface area contributed by atoms with E-state index in [1.165, 1.54) is 21.3 Å². The zero-order chi connectivity index (χ0) is 18.8. The molecular formula is C18H24N2O5. The molecule has 1 aromatic carbocycles. The summed E-state index contributed by atoms with van der Waals surface area (Å²) < 4.78 is 15.9. The third kappa shape index (κ3) is 2.83. The van der Waals surface area contributed by atoms with Crippen LogP contribution in [0.25, 0.3) is 0 Å². The number of carbonyl (C=O) groups is 2. The number of hydrogen-bond donors (Lipinski definition) is 0. The molecule has 1 fully saturated rings. The molecule has 0 saturated carbocycles. The molecule has 1 saturated heterocycles. The number of imide groups is 1. The Morgan fingerprint density at radius 2 is 1.48 bits per heavy atom. The van der Waals surface area contributed by atoms with Gasteiger partial charge in [0.2, 0.25) is 5.75 Å². The molecule has 0 unspecified atom stereocenters. The number of rotatable bonds is 7. The van der Waals surface area contributed by atoms with Gasteiger partial charge in [0.15, 0.2) is 11.5 Å². The fraction of sp³-hybridized carbons (Fsp3) is 0.500. The molecule has 25 heavy (non-hydrogen) atoms. The van der Waals surface area contributed by atoms with Gasteiger partial charge in [0.05, 0.1) is 27.0 Å². The summed E-state index contributed by atoms with van der Waals surface area (Å²) in [7, 11) is 4.56. The number of benzene rings is 1. The van der Waals surface area contributed by atoms with Gasteiger partial charge in [-0.05, 0) is 31.9 Å². The van der Waals surface area contributed by atoms with E-state index in [1.807, 2.05) is 13.8 Å². The number of hydrazone groups is 1. The second kappa shape index (κ2) is 7.13. The van der Waals surface area contributed by atoms with Gasteiger partial charge in [0.1, 0.15) is 5.41 Å². The summed E-state index contributed by atoms with van der Waals surface area (Å²) in [6.07, 6.45) is 0.965. The van der Waals surface area contributed by atoms with Gasteiger partial charge in [-0.1, -0.05) is 13.8 Å². The molecule has 2 rings (SSSR count). The van der Waals surface area contributed by atoms with Crippen LogP contribution >= 0.6 is 0 Å². The zero-order valence-corrected chi connectivity index (χ0v) is 15.5. The summed E-state index contributed by atoms with van der Waals surface area (Å²) in [5.41, 5.74) is 0.251. The van der Waals surface area contributed by atoms with Crippen molar-refractivity contribution in [2.24, 2.45) is 10.5 Å². The summed E-state index contributed by atoms with van der Waals surface area (Å²) >= 11 is 0. The molecule has 0 bridgehead atoms. The normalized spacial score (nSPS) is 16.6. The molecule has 0 aliphatic carbocycles. The van der Waals surface area contributed by atoms with E-state index in [-0.39, 0.29) is 11.8 Å². The minimum Gasteiger partial charge on any atom is -0.493 e. The molecule has 0 spiro atoms. The Balaban J connectivity index is 2.39. The average Bonchev–Trinajstić information content (AvgIpc) is 2.65. The summed E-state index contributed by atoms with van der Waals surface area (Å²) in [4.78, 5) is 24.8. The van der Waals surface area contributed by atoms with Crippen LogP contribution in [0.4, 0.5) is 0 Å². The Labute approximate surface area is 147 Å². The maximum Gasteiger partial charge on any atom is 0.265 e. The standard InChI is InChI=1S/C18H24N2O5/c1-7-18(8-2)16(21)20(17(18)22)19-11(3)12-9-13(23-4)15(25-6)14(10-12)24-5/h9-10H,7-8H2,1-6H3/b19-11+. The van der Waals surface area contributed by atoms with Crippen LogP contribution < -0.4 is 14.2 Å². The third-order valence-corrected chi connectivity index (χ3v) is 4.74. The Hall–Kier alpha value is -2.57. The monoisotopic (exact) mass is 348 g/mol. The predicted molar refractivity (Wildman–Crippen MR) is 93.2 cm³/mol. The molecule has 1 heterocycles. The van der Waals surface area contributed by atoms with Crippen LogP contribution in [0.2, 0.25) is 0 Å². The lowest BCUT2D eigenvalue weighted by Crippen LogP contribution is -2.63. The lowest BCUT2D eigenvalue weighted by atomic mass is 9.74. The van der Waals surface area contributed by atoms with Crippen molar-refractivity contribution in [1.29, 1.82) is 0 Å². The second-order valence-corrected chi connectivity index (χ2v) is 5.81. The van der Waals surface area contributed by atoms with Gasteiger partial charge in [0.25, 0.3) is 11.8 Å². The van der Waals surface area contributed by atoms with Crippen LogP contribution in [-0.2, 0) is 9.59 Å². The number of methoxy groups -OCH3 is 3. The minimum atomic E-state index is -0.918. The SMILES string of the molecule is CCC1(CC)C(=O)N(/N=C(\C)c2cc(OC)c(OC)c(OC)c2)C1=O. The van der Waals surface area contributed by atoms with Crippen molar-refractivity contribution in [3.05, 3.63) is 17.7 Å². The van der Waals surface area contributed by atoms with Crippen molar-refractivity contribution in [3.63, 3.8) is 0 Å². The number of carbonyl (C=O) groups excluding carboxylic acids is 2. The number of ether oxygens (including phenoxy) is 3. The largest absolute Gasteiger partial charge is 0.493 e. The molecule has 0 aromatic heterocycles. The van der Waals surface area contributed by atoms with E-state index < -0.39 is 5.41 Å². The Kier molecular flexibility index (Phi) is 5.35. The average molecular weight is 348 g/mol. The first kappa shape index (κ1) is 18.8. The lowest BCUT2D eigenvalue weighted by Gasteiger charge is -2.42. The van der Waals surface area contributed by atoms with Crippen molar-refractivity contribution in [2.75, 3.05) is 21.3 Å². The highest BCUT2D eigenvalue weighted by Crippen LogP contribution is 2.41. The van der Waals surface area contributed by atoms with Gasteiger partial charge in [-0.3, -0.25) is 9.59 Å². The van der Waals surface area contributed by atoms with Crippen molar-refractivity contribution in [3.8, 4) is 17.2 Å². The van der Waals surface area contributed by atoms with Gasteiger partial charge >= 0.3 is 0 Å². The molecule has 7 heteroatoms. The number of amides is 2. The highest BCUT2D eigenvalue weighted by molar-refractivity contribution is 6.22. The van der Waals surface area contributed by atoms with Crippen LogP contribution in [0, 0.1) is 5.41 Å². The van der Waals surface area contributed by atoms with E-state index >= 15 is 0 Å². The zero-order valence-electron chi connectivity index (χ0n) is 15.5. The van der Waals surface area contributed by atoms with Crippen LogP contribution in [0.5, 0.6) is 17.2 Å². The van der Waals surface area contributed by atoms with Crippen molar-refractivity contribution >= 4 is 17.5 Å². The Morgan fingerprint density at radius 3 is 1.84 bits per heavy atom. The van der Waals surface area contributed by atoms with Gasteiger partial charge in [-0.2, -0.15) is 10.1 Å². The molecule has 1 aromatic rings. The van der Waals surface area contributed by atoms with Gasteiger partial charge in [-0.25, -0.2) is 0 Å². The fourth-order valence-electron chi connectivity index (χ4n) is 2.98. The second-order valence-electron chi connectivity index (χ2n) is 5.81. The molecule has 1 aliphatic rings.